The fourth-order valence-corrected chi connectivity index (χ4v) is 1.98. The molecule has 0 amide bonds. The highest BCUT2D eigenvalue weighted by molar-refractivity contribution is 5.30. The molecule has 0 aliphatic heterocycles. The van der Waals surface area contributed by atoms with Gasteiger partial charge in [-0.3, -0.25) is 15.5 Å². The van der Waals surface area contributed by atoms with Crippen molar-refractivity contribution in [3.8, 4) is 5.88 Å². The lowest BCUT2D eigenvalue weighted by molar-refractivity contribution is 0.381. The van der Waals surface area contributed by atoms with Crippen LogP contribution in [-0.2, 0) is 13.5 Å². The van der Waals surface area contributed by atoms with Crippen LogP contribution in [0.5, 0.6) is 5.88 Å². The van der Waals surface area contributed by atoms with Gasteiger partial charge >= 0.3 is 0 Å². The van der Waals surface area contributed by atoms with Gasteiger partial charge in [0.15, 0.2) is 0 Å². The second-order valence-electron chi connectivity index (χ2n) is 4.09. The maximum Gasteiger partial charge on any atom is 0.237 e. The van der Waals surface area contributed by atoms with Crippen molar-refractivity contribution in [3.05, 3.63) is 35.5 Å². The van der Waals surface area contributed by atoms with Gasteiger partial charge in [0.25, 0.3) is 0 Å². The highest BCUT2D eigenvalue weighted by atomic mass is 16.5. The number of nitrogens with zero attached hydrogens (tertiary/aromatic N) is 4. The second kappa shape index (κ2) is 5.77. The van der Waals surface area contributed by atoms with Crippen LogP contribution < -0.4 is 16.0 Å². The lowest BCUT2D eigenvalue weighted by Gasteiger charge is -2.17. The summed E-state index contributed by atoms with van der Waals surface area (Å²) < 4.78 is 7.01. The molecule has 2 aromatic heterocycles. The third-order valence-corrected chi connectivity index (χ3v) is 2.95. The summed E-state index contributed by atoms with van der Waals surface area (Å²) in [6.07, 6.45) is 4.05. The Hall–Kier alpha value is -1.99. The van der Waals surface area contributed by atoms with Gasteiger partial charge in [-0.15, -0.1) is 0 Å². The molecule has 19 heavy (non-hydrogen) atoms. The molecule has 0 bridgehead atoms. The zero-order chi connectivity index (χ0) is 13.8. The minimum Gasteiger partial charge on any atom is -0.480 e. The predicted octanol–water partition coefficient (Wildman–Crippen LogP) is 0.334. The summed E-state index contributed by atoms with van der Waals surface area (Å²) in [6, 6.07) is 1.68. The maximum absolute atomic E-state index is 5.67. The van der Waals surface area contributed by atoms with E-state index in [0.717, 1.165) is 17.8 Å². The molecule has 0 saturated heterocycles. The molecular weight excluding hydrogens is 244 g/mol. The van der Waals surface area contributed by atoms with Crippen molar-refractivity contribution in [1.29, 1.82) is 0 Å². The smallest absolute Gasteiger partial charge is 0.237 e. The molecule has 2 rings (SSSR count). The standard InChI is InChI=1S/C12H18N6O/c1-4-8-7-9(18(2)17-8)10(16-13)11-12(19-3)15-6-5-14-11/h5-7,10,16H,4,13H2,1-3H3. The van der Waals surface area contributed by atoms with Gasteiger partial charge in [-0.25, -0.2) is 10.4 Å². The molecule has 0 aromatic carbocycles. The van der Waals surface area contributed by atoms with Gasteiger partial charge in [0.1, 0.15) is 11.7 Å². The number of rotatable bonds is 5. The van der Waals surface area contributed by atoms with Crippen LogP contribution in [0.15, 0.2) is 18.5 Å². The van der Waals surface area contributed by atoms with Crippen molar-refractivity contribution >= 4 is 0 Å². The molecule has 2 aromatic rings. The summed E-state index contributed by atoms with van der Waals surface area (Å²) in [5, 5.41) is 4.41. The summed E-state index contributed by atoms with van der Waals surface area (Å²) in [6.45, 7) is 2.06. The lowest BCUT2D eigenvalue weighted by Crippen LogP contribution is -2.31. The zero-order valence-corrected chi connectivity index (χ0v) is 11.3. The van der Waals surface area contributed by atoms with Crippen molar-refractivity contribution in [3.63, 3.8) is 0 Å². The van der Waals surface area contributed by atoms with Crippen LogP contribution >= 0.6 is 0 Å². The summed E-state index contributed by atoms with van der Waals surface area (Å²) in [7, 11) is 3.43. The van der Waals surface area contributed by atoms with Crippen LogP contribution in [0.25, 0.3) is 0 Å². The van der Waals surface area contributed by atoms with E-state index in [-0.39, 0.29) is 6.04 Å². The van der Waals surface area contributed by atoms with Crippen LogP contribution in [-0.4, -0.2) is 26.9 Å². The Morgan fingerprint density at radius 2 is 2.16 bits per heavy atom. The molecular formula is C12H18N6O. The monoisotopic (exact) mass is 262 g/mol. The molecule has 1 atom stereocenters. The first-order valence-corrected chi connectivity index (χ1v) is 6.05. The van der Waals surface area contributed by atoms with Gasteiger partial charge in [0, 0.05) is 19.4 Å². The predicted molar refractivity (Wildman–Crippen MR) is 70.3 cm³/mol. The van der Waals surface area contributed by atoms with Crippen molar-refractivity contribution in [1.82, 2.24) is 25.2 Å². The molecule has 0 aliphatic rings. The summed E-state index contributed by atoms with van der Waals surface area (Å²) in [5.74, 6) is 6.11. The summed E-state index contributed by atoms with van der Waals surface area (Å²) in [4.78, 5) is 8.44. The maximum atomic E-state index is 5.67. The van der Waals surface area contributed by atoms with Crippen molar-refractivity contribution in [2.45, 2.75) is 19.4 Å². The zero-order valence-electron chi connectivity index (χ0n) is 11.3. The molecule has 0 aliphatic carbocycles. The van der Waals surface area contributed by atoms with E-state index in [2.05, 4.69) is 27.4 Å². The van der Waals surface area contributed by atoms with Gasteiger partial charge in [0.2, 0.25) is 5.88 Å². The largest absolute Gasteiger partial charge is 0.480 e. The van der Waals surface area contributed by atoms with Crippen LogP contribution in [0.2, 0.25) is 0 Å². The number of nitrogens with one attached hydrogen (secondary N) is 1. The molecule has 0 fully saturated rings. The SMILES string of the molecule is CCc1cc(C(NN)c2nccnc2OC)n(C)n1. The minimum atomic E-state index is -0.318. The molecule has 7 heteroatoms. The Balaban J connectivity index is 2.46. The van der Waals surface area contributed by atoms with Gasteiger partial charge in [0.05, 0.1) is 18.5 Å². The molecule has 102 valence electrons. The van der Waals surface area contributed by atoms with E-state index < -0.39 is 0 Å². The van der Waals surface area contributed by atoms with Crippen LogP contribution in [0.4, 0.5) is 0 Å². The van der Waals surface area contributed by atoms with Crippen LogP contribution in [0, 0.1) is 0 Å². The highest BCUT2D eigenvalue weighted by Gasteiger charge is 2.23. The fraction of sp³-hybridized carbons (Fsp3) is 0.417. The number of aromatic nitrogens is 4. The molecule has 0 saturated carbocycles. The molecule has 1 unspecified atom stereocenters. The minimum absolute atomic E-state index is 0.318. The number of nitrogens with two attached hydrogens (primary N) is 1. The number of hydrogen-bond donors (Lipinski definition) is 2. The Morgan fingerprint density at radius 1 is 1.42 bits per heavy atom. The normalized spacial score (nSPS) is 12.4. The Kier molecular flexibility index (Phi) is 4.08. The van der Waals surface area contributed by atoms with E-state index >= 15 is 0 Å². The Labute approximate surface area is 111 Å². The third kappa shape index (κ3) is 2.56. The van der Waals surface area contributed by atoms with Crippen molar-refractivity contribution in [2.75, 3.05) is 7.11 Å². The van der Waals surface area contributed by atoms with Gasteiger partial charge in [-0.2, -0.15) is 5.10 Å². The van der Waals surface area contributed by atoms with Gasteiger partial charge in [-0.05, 0) is 12.5 Å². The van der Waals surface area contributed by atoms with E-state index in [1.165, 1.54) is 0 Å². The molecule has 2 heterocycles. The Morgan fingerprint density at radius 3 is 2.74 bits per heavy atom. The molecule has 0 radical (unpaired) electrons. The second-order valence-corrected chi connectivity index (χ2v) is 4.09. The van der Waals surface area contributed by atoms with Gasteiger partial charge in [-0.1, -0.05) is 6.92 Å². The van der Waals surface area contributed by atoms with Crippen molar-refractivity contribution in [2.24, 2.45) is 12.9 Å². The number of hydrazine groups is 1. The molecule has 3 N–H and O–H groups in total. The summed E-state index contributed by atoms with van der Waals surface area (Å²) in [5.41, 5.74) is 5.30. The first-order chi connectivity index (χ1) is 9.21. The number of aryl methyl sites for hydroxylation is 2. The fourth-order valence-electron chi connectivity index (χ4n) is 1.98. The quantitative estimate of drug-likeness (QED) is 0.596. The number of hydrogen-bond acceptors (Lipinski definition) is 6. The first kappa shape index (κ1) is 13.4. The van der Waals surface area contributed by atoms with E-state index in [9.17, 15) is 0 Å². The first-order valence-electron chi connectivity index (χ1n) is 6.05. The van der Waals surface area contributed by atoms with E-state index in [1.807, 2.05) is 13.1 Å². The van der Waals surface area contributed by atoms with Crippen LogP contribution in [0.1, 0.15) is 30.0 Å². The van der Waals surface area contributed by atoms with E-state index in [0.29, 0.717) is 11.6 Å². The molecule has 7 nitrogen and oxygen atoms in total. The summed E-state index contributed by atoms with van der Waals surface area (Å²) >= 11 is 0. The highest BCUT2D eigenvalue weighted by Crippen LogP contribution is 2.25. The number of ether oxygens (including phenoxy) is 1. The molecule has 0 spiro atoms. The van der Waals surface area contributed by atoms with Gasteiger partial charge < -0.3 is 4.74 Å². The van der Waals surface area contributed by atoms with Crippen molar-refractivity contribution < 1.29 is 4.74 Å². The third-order valence-electron chi connectivity index (χ3n) is 2.95. The lowest BCUT2D eigenvalue weighted by atomic mass is 10.1. The average molecular weight is 262 g/mol. The topological polar surface area (TPSA) is 90.9 Å². The van der Waals surface area contributed by atoms with Crippen LogP contribution in [0.3, 0.4) is 0 Å². The Bertz CT molecular complexity index is 553. The van der Waals surface area contributed by atoms with E-state index in [4.69, 9.17) is 10.6 Å². The average Bonchev–Trinajstić information content (AvgIpc) is 2.82. The van der Waals surface area contributed by atoms with E-state index in [1.54, 1.807) is 24.2 Å². The number of methoxy groups -OCH3 is 1.